The number of aromatic nitrogens is 1. The zero-order chi connectivity index (χ0) is 17.6. The van der Waals surface area contributed by atoms with Crippen molar-refractivity contribution in [3.8, 4) is 11.8 Å². The number of amides is 1. The standard InChI is InChI=1S/C19H18ClN3O2/c20-15-5-7-16(8-6-15)23-9-1-3-17(23)11-14(12-21)19(24)22-13-18-4-2-10-25-18/h1,3,5-9,11,18H,2,4,10,13H2,(H,22,24)/b14-11+/t18-/m0/s1. The van der Waals surface area contributed by atoms with Crippen LogP contribution in [0.25, 0.3) is 11.8 Å². The van der Waals surface area contributed by atoms with Gasteiger partial charge in [-0.05, 0) is 55.3 Å². The van der Waals surface area contributed by atoms with Crippen molar-refractivity contribution in [3.63, 3.8) is 0 Å². The summed E-state index contributed by atoms with van der Waals surface area (Å²) in [5.74, 6) is -0.387. The number of benzene rings is 1. The first-order chi connectivity index (χ1) is 12.2. The molecule has 1 saturated heterocycles. The molecule has 0 bridgehead atoms. The first kappa shape index (κ1) is 17.3. The van der Waals surface area contributed by atoms with Crippen molar-refractivity contribution in [1.82, 2.24) is 9.88 Å². The summed E-state index contributed by atoms with van der Waals surface area (Å²) >= 11 is 5.92. The van der Waals surface area contributed by atoms with Gasteiger partial charge in [0, 0.05) is 35.8 Å². The summed E-state index contributed by atoms with van der Waals surface area (Å²) < 4.78 is 7.37. The van der Waals surface area contributed by atoms with Crippen LogP contribution >= 0.6 is 11.6 Å². The lowest BCUT2D eigenvalue weighted by atomic mass is 10.2. The second-order valence-electron chi connectivity index (χ2n) is 5.79. The van der Waals surface area contributed by atoms with Gasteiger partial charge < -0.3 is 14.6 Å². The second kappa shape index (κ2) is 8.02. The van der Waals surface area contributed by atoms with Crippen molar-refractivity contribution in [1.29, 1.82) is 5.26 Å². The van der Waals surface area contributed by atoms with E-state index in [1.807, 2.05) is 41.1 Å². The molecule has 0 aliphatic carbocycles. The second-order valence-corrected chi connectivity index (χ2v) is 6.23. The highest BCUT2D eigenvalue weighted by Crippen LogP contribution is 2.18. The Bertz CT molecular complexity index is 812. The summed E-state index contributed by atoms with van der Waals surface area (Å²) in [6.45, 7) is 1.16. The van der Waals surface area contributed by atoms with Crippen LogP contribution in [-0.2, 0) is 9.53 Å². The maximum Gasteiger partial charge on any atom is 0.262 e. The summed E-state index contributed by atoms with van der Waals surface area (Å²) in [6, 6.07) is 13.0. The number of hydrogen-bond acceptors (Lipinski definition) is 3. The van der Waals surface area contributed by atoms with E-state index in [2.05, 4.69) is 5.32 Å². The molecular weight excluding hydrogens is 338 g/mol. The molecule has 0 radical (unpaired) electrons. The van der Waals surface area contributed by atoms with Crippen molar-refractivity contribution in [2.75, 3.05) is 13.2 Å². The molecule has 1 aliphatic heterocycles. The average molecular weight is 356 g/mol. The van der Waals surface area contributed by atoms with Gasteiger partial charge in [0.25, 0.3) is 5.91 Å². The van der Waals surface area contributed by atoms with Crippen LogP contribution < -0.4 is 5.32 Å². The number of carbonyl (C=O) groups excluding carboxylic acids is 1. The Balaban J connectivity index is 1.76. The van der Waals surface area contributed by atoms with Crippen molar-refractivity contribution in [3.05, 3.63) is 58.9 Å². The van der Waals surface area contributed by atoms with Crippen molar-refractivity contribution in [2.24, 2.45) is 0 Å². The lowest BCUT2D eigenvalue weighted by Gasteiger charge is -2.10. The normalized spacial score (nSPS) is 17.3. The van der Waals surface area contributed by atoms with Crippen LogP contribution in [0.15, 0.2) is 48.2 Å². The molecule has 1 fully saturated rings. The van der Waals surface area contributed by atoms with Gasteiger partial charge in [0.1, 0.15) is 11.6 Å². The molecule has 1 aromatic heterocycles. The number of rotatable bonds is 5. The largest absolute Gasteiger partial charge is 0.376 e. The molecule has 128 valence electrons. The zero-order valence-corrected chi connectivity index (χ0v) is 14.4. The van der Waals surface area contributed by atoms with E-state index in [-0.39, 0.29) is 17.6 Å². The predicted molar refractivity (Wildman–Crippen MR) is 96.4 cm³/mol. The van der Waals surface area contributed by atoms with Gasteiger partial charge in [0.15, 0.2) is 0 Å². The van der Waals surface area contributed by atoms with E-state index < -0.39 is 0 Å². The Kier molecular flexibility index (Phi) is 5.54. The summed E-state index contributed by atoms with van der Waals surface area (Å²) in [4.78, 5) is 12.3. The van der Waals surface area contributed by atoms with Gasteiger partial charge in [-0.2, -0.15) is 5.26 Å². The van der Waals surface area contributed by atoms with Crippen molar-refractivity contribution >= 4 is 23.6 Å². The van der Waals surface area contributed by atoms with Crippen LogP contribution in [0.3, 0.4) is 0 Å². The third-order valence-corrected chi connectivity index (χ3v) is 4.31. The minimum absolute atomic E-state index is 0.0434. The van der Waals surface area contributed by atoms with Crippen molar-refractivity contribution < 1.29 is 9.53 Å². The molecule has 0 unspecified atom stereocenters. The molecule has 0 spiro atoms. The molecule has 5 nitrogen and oxygen atoms in total. The fraction of sp³-hybridized carbons (Fsp3) is 0.263. The summed E-state index contributed by atoms with van der Waals surface area (Å²) in [5, 5.41) is 12.8. The molecule has 2 aromatic rings. The van der Waals surface area contributed by atoms with Crippen molar-refractivity contribution in [2.45, 2.75) is 18.9 Å². The first-order valence-electron chi connectivity index (χ1n) is 8.12. The highest BCUT2D eigenvalue weighted by molar-refractivity contribution is 6.30. The van der Waals surface area contributed by atoms with Crippen LogP contribution in [0.5, 0.6) is 0 Å². The Morgan fingerprint density at radius 1 is 1.40 bits per heavy atom. The van der Waals surface area contributed by atoms with Gasteiger partial charge >= 0.3 is 0 Å². The van der Waals surface area contributed by atoms with Gasteiger partial charge in [-0.1, -0.05) is 11.6 Å². The van der Waals surface area contributed by atoms with E-state index in [1.54, 1.807) is 18.2 Å². The third-order valence-electron chi connectivity index (χ3n) is 4.06. The van der Waals surface area contributed by atoms with Crippen LogP contribution in [0, 0.1) is 11.3 Å². The molecule has 0 saturated carbocycles. The number of hydrogen-bond donors (Lipinski definition) is 1. The van der Waals surface area contributed by atoms with Gasteiger partial charge in [0.2, 0.25) is 0 Å². The zero-order valence-electron chi connectivity index (χ0n) is 13.6. The Morgan fingerprint density at radius 3 is 2.88 bits per heavy atom. The Labute approximate surface area is 151 Å². The number of ether oxygens (including phenoxy) is 1. The predicted octanol–water partition coefficient (Wildman–Crippen LogP) is 3.33. The minimum atomic E-state index is -0.387. The lowest BCUT2D eigenvalue weighted by molar-refractivity contribution is -0.117. The first-order valence-corrected chi connectivity index (χ1v) is 8.50. The van der Waals surface area contributed by atoms with Crippen LogP contribution in [0.1, 0.15) is 18.5 Å². The SMILES string of the molecule is N#C/C(=C\c1cccn1-c1ccc(Cl)cc1)C(=O)NC[C@@H]1CCCO1. The number of carbonyl (C=O) groups is 1. The molecule has 1 aromatic carbocycles. The lowest BCUT2D eigenvalue weighted by Crippen LogP contribution is -2.32. The van der Waals surface area contributed by atoms with E-state index >= 15 is 0 Å². The molecule has 1 atom stereocenters. The van der Waals surface area contributed by atoms with Gasteiger partial charge in [-0.3, -0.25) is 4.79 Å². The number of halogens is 1. The number of nitrogens with zero attached hydrogens (tertiary/aromatic N) is 2. The summed E-state index contributed by atoms with van der Waals surface area (Å²) in [7, 11) is 0. The van der Waals surface area contributed by atoms with Gasteiger partial charge in [-0.25, -0.2) is 0 Å². The molecule has 2 heterocycles. The topological polar surface area (TPSA) is 67.0 Å². The van der Waals surface area contributed by atoms with Gasteiger partial charge in [0.05, 0.1) is 6.10 Å². The minimum Gasteiger partial charge on any atom is -0.376 e. The summed E-state index contributed by atoms with van der Waals surface area (Å²) in [6.07, 6.45) is 5.44. The molecule has 1 amide bonds. The quantitative estimate of drug-likeness (QED) is 0.660. The molecule has 25 heavy (non-hydrogen) atoms. The highest BCUT2D eigenvalue weighted by atomic mass is 35.5. The summed E-state index contributed by atoms with van der Waals surface area (Å²) in [5.41, 5.74) is 1.70. The number of nitrogens with one attached hydrogen (secondary N) is 1. The molecule has 3 rings (SSSR count). The van der Waals surface area contributed by atoms with E-state index in [0.29, 0.717) is 11.6 Å². The van der Waals surface area contributed by atoms with E-state index in [9.17, 15) is 10.1 Å². The number of nitriles is 1. The Morgan fingerprint density at radius 2 is 2.20 bits per heavy atom. The van der Waals surface area contributed by atoms with E-state index in [1.165, 1.54) is 0 Å². The average Bonchev–Trinajstić information content (AvgIpc) is 3.30. The monoisotopic (exact) mass is 355 g/mol. The fourth-order valence-electron chi connectivity index (χ4n) is 2.75. The molecular formula is C19H18ClN3O2. The highest BCUT2D eigenvalue weighted by Gasteiger charge is 2.18. The Hall–Kier alpha value is -2.55. The third kappa shape index (κ3) is 4.30. The maximum atomic E-state index is 12.3. The van der Waals surface area contributed by atoms with E-state index in [4.69, 9.17) is 16.3 Å². The molecule has 1 aliphatic rings. The van der Waals surface area contributed by atoms with Crippen LogP contribution in [-0.4, -0.2) is 29.7 Å². The molecule has 6 heteroatoms. The smallest absolute Gasteiger partial charge is 0.262 e. The maximum absolute atomic E-state index is 12.3. The van der Waals surface area contributed by atoms with Gasteiger partial charge in [-0.15, -0.1) is 0 Å². The molecule has 1 N–H and O–H groups in total. The van der Waals surface area contributed by atoms with Crippen LogP contribution in [0.2, 0.25) is 5.02 Å². The van der Waals surface area contributed by atoms with E-state index in [0.717, 1.165) is 30.8 Å². The van der Waals surface area contributed by atoms with Crippen LogP contribution in [0.4, 0.5) is 0 Å². The fourth-order valence-corrected chi connectivity index (χ4v) is 2.88.